The van der Waals surface area contributed by atoms with Crippen LogP contribution in [-0.4, -0.2) is 50.7 Å². The molecule has 8 nitrogen and oxygen atoms in total. The summed E-state index contributed by atoms with van der Waals surface area (Å²) in [5.74, 6) is 5.91. The van der Waals surface area contributed by atoms with Crippen molar-refractivity contribution >= 4 is 28.4 Å². The van der Waals surface area contributed by atoms with E-state index in [1.54, 1.807) is 18.2 Å². The Labute approximate surface area is 223 Å². The maximum Gasteiger partial charge on any atom is 0.416 e. The van der Waals surface area contributed by atoms with Crippen molar-refractivity contribution in [3.63, 3.8) is 0 Å². The summed E-state index contributed by atoms with van der Waals surface area (Å²) in [5, 5.41) is 7.87. The minimum Gasteiger partial charge on any atom is -0.383 e. The van der Waals surface area contributed by atoms with Crippen LogP contribution in [0.4, 0.5) is 24.7 Å². The second kappa shape index (κ2) is 10.4. The van der Waals surface area contributed by atoms with Crippen molar-refractivity contribution < 1.29 is 18.0 Å². The molecule has 0 aliphatic carbocycles. The highest BCUT2D eigenvalue weighted by Crippen LogP contribution is 2.31. The first kappa shape index (κ1) is 26.2. The van der Waals surface area contributed by atoms with Crippen LogP contribution < -0.4 is 11.1 Å². The van der Waals surface area contributed by atoms with Crippen LogP contribution in [0.5, 0.6) is 0 Å². The number of likely N-dealkylation sites (tertiary alicyclic amines) is 1. The standard InChI is InChI=1S/C28H26F3N7O/c1-17-6-7-19(27(39)35-21-5-3-4-20(15-21)28(29,30)31)14-18(17)8-9-23-24-25(32)33-16-34-26(24)38(36-23)22-10-12-37(2)13-11-22/h3-7,14-16,22H,10-13H2,1-2H3,(H,35,39)(H2,32,33,34). The average molecular weight is 534 g/mol. The number of aromatic nitrogens is 4. The fraction of sp³-hybridized carbons (Fsp3) is 0.286. The van der Waals surface area contributed by atoms with Gasteiger partial charge >= 0.3 is 6.18 Å². The van der Waals surface area contributed by atoms with E-state index in [-0.39, 0.29) is 23.1 Å². The minimum absolute atomic E-state index is 0.0458. The number of nitrogens with one attached hydrogen (secondary N) is 1. The van der Waals surface area contributed by atoms with Crippen molar-refractivity contribution in [1.29, 1.82) is 0 Å². The summed E-state index contributed by atoms with van der Waals surface area (Å²) >= 11 is 0. The number of nitrogen functional groups attached to an aromatic ring is 1. The van der Waals surface area contributed by atoms with Crippen molar-refractivity contribution in [3.8, 4) is 11.8 Å². The van der Waals surface area contributed by atoms with Gasteiger partial charge in [-0.3, -0.25) is 4.79 Å². The van der Waals surface area contributed by atoms with Crippen LogP contribution in [0.3, 0.4) is 0 Å². The number of amides is 1. The van der Waals surface area contributed by atoms with Gasteiger partial charge in [-0.2, -0.15) is 18.3 Å². The Bertz CT molecular complexity index is 1610. The summed E-state index contributed by atoms with van der Waals surface area (Å²) in [6, 6.07) is 9.59. The molecule has 2 aromatic carbocycles. The summed E-state index contributed by atoms with van der Waals surface area (Å²) in [5.41, 5.74) is 8.12. The van der Waals surface area contributed by atoms with Gasteiger partial charge in [0.2, 0.25) is 0 Å². The maximum atomic E-state index is 13.0. The number of hydrogen-bond acceptors (Lipinski definition) is 6. The number of fused-ring (bicyclic) bond motifs is 1. The lowest BCUT2D eigenvalue weighted by atomic mass is 10.0. The molecule has 39 heavy (non-hydrogen) atoms. The van der Waals surface area contributed by atoms with E-state index in [1.165, 1.54) is 18.5 Å². The van der Waals surface area contributed by atoms with Crippen LogP contribution >= 0.6 is 0 Å². The predicted molar refractivity (Wildman–Crippen MR) is 142 cm³/mol. The molecule has 1 amide bonds. The van der Waals surface area contributed by atoms with Crippen LogP contribution in [0.25, 0.3) is 11.0 Å². The molecule has 1 fully saturated rings. The SMILES string of the molecule is Cc1ccc(C(=O)Nc2cccc(C(F)(F)F)c2)cc1C#Cc1nn(C2CCN(C)CC2)c2ncnc(N)c12. The molecule has 0 atom stereocenters. The van der Waals surface area contributed by atoms with Crippen LogP contribution in [-0.2, 0) is 6.18 Å². The van der Waals surface area contributed by atoms with Gasteiger partial charge in [-0.15, -0.1) is 0 Å². The van der Waals surface area contributed by atoms with Crippen molar-refractivity contribution in [2.24, 2.45) is 0 Å². The normalized spacial score (nSPS) is 14.7. The summed E-state index contributed by atoms with van der Waals surface area (Å²) < 4.78 is 41.0. The molecule has 1 saturated heterocycles. The van der Waals surface area contributed by atoms with Gasteiger partial charge in [0.05, 0.1) is 17.0 Å². The van der Waals surface area contributed by atoms with E-state index in [9.17, 15) is 18.0 Å². The second-order valence-corrected chi connectivity index (χ2v) is 9.60. The molecule has 1 aliphatic rings. The molecule has 200 valence electrons. The van der Waals surface area contributed by atoms with E-state index in [0.29, 0.717) is 22.3 Å². The number of alkyl halides is 3. The molecule has 11 heteroatoms. The van der Waals surface area contributed by atoms with E-state index < -0.39 is 17.6 Å². The van der Waals surface area contributed by atoms with Gasteiger partial charge < -0.3 is 16.0 Å². The molecule has 3 heterocycles. The third-order valence-electron chi connectivity index (χ3n) is 6.82. The number of aryl methyl sites for hydroxylation is 1. The van der Waals surface area contributed by atoms with Gasteiger partial charge in [0.15, 0.2) is 5.65 Å². The second-order valence-electron chi connectivity index (χ2n) is 9.60. The minimum atomic E-state index is -4.51. The molecule has 0 saturated carbocycles. The molecule has 0 spiro atoms. The Balaban J connectivity index is 1.44. The number of anilines is 2. The third kappa shape index (κ3) is 5.56. The summed E-state index contributed by atoms with van der Waals surface area (Å²) in [4.78, 5) is 23.7. The molecule has 0 radical (unpaired) electrons. The van der Waals surface area contributed by atoms with Crippen molar-refractivity contribution in [2.75, 3.05) is 31.2 Å². The topological polar surface area (TPSA) is 102 Å². The number of nitrogens with zero attached hydrogens (tertiary/aromatic N) is 5. The quantitative estimate of drug-likeness (QED) is 0.372. The van der Waals surface area contributed by atoms with Crippen LogP contribution in [0, 0.1) is 18.8 Å². The Morgan fingerprint density at radius 3 is 2.62 bits per heavy atom. The summed E-state index contributed by atoms with van der Waals surface area (Å²) in [6.07, 6.45) is -1.25. The van der Waals surface area contributed by atoms with Crippen LogP contribution in [0.2, 0.25) is 0 Å². The van der Waals surface area contributed by atoms with Crippen molar-refractivity contribution in [2.45, 2.75) is 32.0 Å². The lowest BCUT2D eigenvalue weighted by Gasteiger charge is -2.29. The average Bonchev–Trinajstić information content (AvgIpc) is 3.28. The number of rotatable bonds is 3. The van der Waals surface area contributed by atoms with E-state index in [2.05, 4.69) is 39.1 Å². The van der Waals surface area contributed by atoms with E-state index in [1.807, 2.05) is 11.6 Å². The number of carbonyl (C=O) groups excluding carboxylic acids is 1. The molecular weight excluding hydrogens is 507 g/mol. The number of piperidine rings is 1. The highest BCUT2D eigenvalue weighted by Gasteiger charge is 2.30. The Kier molecular flexibility index (Phi) is 6.97. The Hall–Kier alpha value is -4.43. The zero-order chi connectivity index (χ0) is 27.7. The van der Waals surface area contributed by atoms with Gasteiger partial charge in [-0.05, 0) is 81.7 Å². The zero-order valence-corrected chi connectivity index (χ0v) is 21.4. The number of halogens is 3. The monoisotopic (exact) mass is 533 g/mol. The molecular formula is C28H26F3N7O. The fourth-order valence-corrected chi connectivity index (χ4v) is 4.58. The number of hydrogen-bond donors (Lipinski definition) is 2. The maximum absolute atomic E-state index is 13.0. The number of benzene rings is 2. The smallest absolute Gasteiger partial charge is 0.383 e. The molecule has 3 N–H and O–H groups in total. The predicted octanol–water partition coefficient (Wildman–Crippen LogP) is 4.65. The number of carbonyl (C=O) groups is 1. The summed E-state index contributed by atoms with van der Waals surface area (Å²) in [7, 11) is 2.09. The number of nitrogens with two attached hydrogens (primary N) is 1. The van der Waals surface area contributed by atoms with E-state index in [4.69, 9.17) is 10.8 Å². The molecule has 4 aromatic rings. The molecule has 5 rings (SSSR count). The van der Waals surface area contributed by atoms with E-state index >= 15 is 0 Å². The van der Waals surface area contributed by atoms with Gasteiger partial charge in [0.1, 0.15) is 17.8 Å². The Morgan fingerprint density at radius 2 is 1.87 bits per heavy atom. The first-order valence-corrected chi connectivity index (χ1v) is 12.4. The molecule has 0 bridgehead atoms. The highest BCUT2D eigenvalue weighted by atomic mass is 19.4. The highest BCUT2D eigenvalue weighted by molar-refractivity contribution is 6.04. The van der Waals surface area contributed by atoms with Crippen LogP contribution in [0.1, 0.15) is 51.6 Å². The molecule has 0 unspecified atom stereocenters. The largest absolute Gasteiger partial charge is 0.416 e. The van der Waals surface area contributed by atoms with Gasteiger partial charge in [0.25, 0.3) is 5.91 Å². The third-order valence-corrected chi connectivity index (χ3v) is 6.82. The molecule has 1 aliphatic heterocycles. The van der Waals surface area contributed by atoms with Crippen molar-refractivity contribution in [1.82, 2.24) is 24.6 Å². The first-order chi connectivity index (χ1) is 18.6. The van der Waals surface area contributed by atoms with Gasteiger partial charge in [0, 0.05) is 16.8 Å². The molecule has 2 aromatic heterocycles. The van der Waals surface area contributed by atoms with Crippen molar-refractivity contribution in [3.05, 3.63) is 76.7 Å². The van der Waals surface area contributed by atoms with E-state index in [0.717, 1.165) is 43.6 Å². The zero-order valence-electron chi connectivity index (χ0n) is 21.4. The van der Waals surface area contributed by atoms with Gasteiger partial charge in [-0.1, -0.05) is 18.1 Å². The summed E-state index contributed by atoms with van der Waals surface area (Å²) in [6.45, 7) is 3.75. The van der Waals surface area contributed by atoms with Gasteiger partial charge in [-0.25, -0.2) is 14.6 Å². The van der Waals surface area contributed by atoms with Crippen LogP contribution in [0.15, 0.2) is 48.8 Å². The fourth-order valence-electron chi connectivity index (χ4n) is 4.58. The Morgan fingerprint density at radius 1 is 1.10 bits per heavy atom. The first-order valence-electron chi connectivity index (χ1n) is 12.4. The lowest BCUT2D eigenvalue weighted by molar-refractivity contribution is -0.137. The lowest BCUT2D eigenvalue weighted by Crippen LogP contribution is -2.32.